The van der Waals surface area contributed by atoms with E-state index in [0.29, 0.717) is 41.4 Å². The van der Waals surface area contributed by atoms with Crippen LogP contribution >= 0.6 is 0 Å². The van der Waals surface area contributed by atoms with Gasteiger partial charge in [-0.3, -0.25) is 14.9 Å². The lowest BCUT2D eigenvalue weighted by Crippen LogP contribution is -2.17. The van der Waals surface area contributed by atoms with Crippen LogP contribution in [0.4, 0.5) is 5.95 Å². The number of anilines is 1. The van der Waals surface area contributed by atoms with Gasteiger partial charge in [0, 0.05) is 32.1 Å². The topological polar surface area (TPSA) is 146 Å². The molecule has 0 aliphatic rings. The quantitative estimate of drug-likeness (QED) is 0.324. The Morgan fingerprint density at radius 3 is 2.69 bits per heavy atom. The number of nitrogens with zero attached hydrogens (tertiary/aromatic N) is 3. The molecule has 0 radical (unpaired) electrons. The van der Waals surface area contributed by atoms with Gasteiger partial charge in [-0.25, -0.2) is 9.97 Å². The second kappa shape index (κ2) is 10.1. The number of aliphatic hydroxyl groups excluding tert-OH is 1. The number of hydrogen-bond donors (Lipinski definition) is 3. The van der Waals surface area contributed by atoms with Gasteiger partial charge in [0.2, 0.25) is 11.9 Å². The molecule has 4 N–H and O–H groups in total. The number of rotatable bonds is 10. The van der Waals surface area contributed by atoms with E-state index >= 15 is 0 Å². The Morgan fingerprint density at radius 1 is 1.28 bits per heavy atom. The molecule has 170 valence electrons. The first-order valence-electron chi connectivity index (χ1n) is 10.3. The molecule has 0 unspecified atom stereocenters. The van der Waals surface area contributed by atoms with E-state index in [-0.39, 0.29) is 30.4 Å². The van der Waals surface area contributed by atoms with Crippen molar-refractivity contribution in [3.63, 3.8) is 0 Å². The lowest BCUT2D eigenvalue weighted by atomic mass is 10.1. The zero-order valence-electron chi connectivity index (χ0n) is 18.3. The van der Waals surface area contributed by atoms with Crippen LogP contribution in [0, 0.1) is 13.8 Å². The van der Waals surface area contributed by atoms with Crippen LogP contribution in [0.3, 0.4) is 0 Å². The third-order valence-electron chi connectivity index (χ3n) is 4.69. The number of allylic oxidation sites excluding steroid dienone is 2. The first-order valence-corrected chi connectivity index (χ1v) is 10.3. The van der Waals surface area contributed by atoms with Gasteiger partial charge in [-0.2, -0.15) is 0 Å². The molecule has 1 aromatic carbocycles. The van der Waals surface area contributed by atoms with Crippen LogP contribution in [0.1, 0.15) is 52.3 Å². The van der Waals surface area contributed by atoms with Crippen molar-refractivity contribution in [1.29, 1.82) is 0 Å². The van der Waals surface area contributed by atoms with Crippen molar-refractivity contribution in [2.24, 2.45) is 5.73 Å². The highest BCUT2D eigenvalue weighted by Crippen LogP contribution is 2.31. The SMILES string of the molecule is CC/C=C/Cn1c(NC(=O)c2nc(C)oc2C)nc2cc(C(N)=O)cc(OCCCO)c21. The Bertz CT molecular complexity index is 1160. The first-order chi connectivity index (χ1) is 15.3. The summed E-state index contributed by atoms with van der Waals surface area (Å²) in [5.41, 5.74) is 6.91. The van der Waals surface area contributed by atoms with Crippen molar-refractivity contribution < 1.29 is 23.8 Å². The fraction of sp³-hybridized carbons (Fsp3) is 0.364. The fourth-order valence-electron chi connectivity index (χ4n) is 3.25. The number of hydrogen-bond acceptors (Lipinski definition) is 7. The maximum Gasteiger partial charge on any atom is 0.280 e. The van der Waals surface area contributed by atoms with Crippen LogP contribution in [-0.4, -0.2) is 44.7 Å². The first kappa shape index (κ1) is 23.0. The molecule has 0 aliphatic heterocycles. The predicted molar refractivity (Wildman–Crippen MR) is 119 cm³/mol. The summed E-state index contributed by atoms with van der Waals surface area (Å²) in [4.78, 5) is 33.3. The number of amides is 2. The summed E-state index contributed by atoms with van der Waals surface area (Å²) in [5.74, 6) is 0.345. The van der Waals surface area contributed by atoms with E-state index < -0.39 is 11.8 Å². The second-order valence-corrected chi connectivity index (χ2v) is 7.15. The standard InChI is InChI=1S/C22H27N5O5/c1-4-5-6-8-27-19-16(11-15(20(23)29)12-17(19)31-10-7-9-28)25-22(27)26-21(30)18-13(2)32-14(3)24-18/h5-6,11-12,28H,4,7-10H2,1-3H3,(H2,23,29)(H,25,26,30)/b6-5+. The number of fused-ring (bicyclic) bond motifs is 1. The number of carbonyl (C=O) groups is 2. The van der Waals surface area contributed by atoms with E-state index in [1.165, 1.54) is 0 Å². The molecular weight excluding hydrogens is 414 g/mol. The van der Waals surface area contributed by atoms with Crippen molar-refractivity contribution in [2.45, 2.75) is 40.2 Å². The molecule has 2 amide bonds. The molecule has 0 spiro atoms. The van der Waals surface area contributed by atoms with E-state index in [9.17, 15) is 9.59 Å². The summed E-state index contributed by atoms with van der Waals surface area (Å²) >= 11 is 0. The van der Waals surface area contributed by atoms with Crippen LogP contribution in [0.2, 0.25) is 0 Å². The predicted octanol–water partition coefficient (Wildman–Crippen LogP) is 2.72. The third-order valence-corrected chi connectivity index (χ3v) is 4.69. The van der Waals surface area contributed by atoms with E-state index in [4.69, 9.17) is 20.0 Å². The molecule has 2 heterocycles. The second-order valence-electron chi connectivity index (χ2n) is 7.15. The molecule has 10 heteroatoms. The summed E-state index contributed by atoms with van der Waals surface area (Å²) in [6.45, 7) is 5.95. The van der Waals surface area contributed by atoms with Crippen molar-refractivity contribution in [3.8, 4) is 5.75 Å². The Kier molecular flexibility index (Phi) is 7.26. The monoisotopic (exact) mass is 441 g/mol. The molecule has 0 saturated heterocycles. The normalized spacial score (nSPS) is 11.4. The number of imidazole rings is 1. The minimum atomic E-state index is -0.626. The molecule has 10 nitrogen and oxygen atoms in total. The fourth-order valence-corrected chi connectivity index (χ4v) is 3.25. The molecule has 0 bridgehead atoms. The Balaban J connectivity index is 2.11. The molecule has 0 aliphatic carbocycles. The highest BCUT2D eigenvalue weighted by molar-refractivity contribution is 6.04. The van der Waals surface area contributed by atoms with Gasteiger partial charge in [-0.15, -0.1) is 0 Å². The zero-order valence-corrected chi connectivity index (χ0v) is 18.3. The van der Waals surface area contributed by atoms with Crippen LogP contribution in [0.15, 0.2) is 28.7 Å². The Morgan fingerprint density at radius 2 is 2.06 bits per heavy atom. The Hall–Kier alpha value is -3.66. The number of aliphatic hydroxyl groups is 1. The van der Waals surface area contributed by atoms with Crippen molar-refractivity contribution in [2.75, 3.05) is 18.5 Å². The zero-order chi connectivity index (χ0) is 23.3. The number of carbonyl (C=O) groups excluding carboxylic acids is 2. The molecular formula is C22H27N5O5. The summed E-state index contributed by atoms with van der Waals surface area (Å²) < 4.78 is 13.0. The smallest absolute Gasteiger partial charge is 0.280 e. The number of nitrogens with one attached hydrogen (secondary N) is 1. The van der Waals surface area contributed by atoms with Gasteiger partial charge in [0.05, 0.1) is 12.1 Å². The Labute approximate surface area is 185 Å². The number of aromatic nitrogens is 3. The lowest BCUT2D eigenvalue weighted by Gasteiger charge is -2.12. The molecule has 3 rings (SSSR count). The maximum absolute atomic E-state index is 12.8. The molecule has 2 aromatic heterocycles. The summed E-state index contributed by atoms with van der Waals surface area (Å²) in [6, 6.07) is 3.10. The molecule has 0 saturated carbocycles. The summed E-state index contributed by atoms with van der Waals surface area (Å²) in [7, 11) is 0. The lowest BCUT2D eigenvalue weighted by molar-refractivity contribution is 0.0996. The third kappa shape index (κ3) is 4.97. The molecule has 0 fully saturated rings. The number of oxazole rings is 1. The van der Waals surface area contributed by atoms with Crippen LogP contribution in [0.25, 0.3) is 11.0 Å². The number of nitrogens with two attached hydrogens (primary N) is 1. The van der Waals surface area contributed by atoms with Gasteiger partial charge >= 0.3 is 0 Å². The van der Waals surface area contributed by atoms with Gasteiger partial charge in [-0.1, -0.05) is 19.1 Å². The number of benzene rings is 1. The summed E-state index contributed by atoms with van der Waals surface area (Å²) in [5, 5.41) is 11.9. The molecule has 0 atom stereocenters. The highest BCUT2D eigenvalue weighted by Gasteiger charge is 2.22. The average molecular weight is 441 g/mol. The van der Waals surface area contributed by atoms with Crippen LogP contribution < -0.4 is 15.8 Å². The van der Waals surface area contributed by atoms with Crippen LogP contribution in [-0.2, 0) is 6.54 Å². The number of aryl methyl sites for hydroxylation is 2. The van der Waals surface area contributed by atoms with E-state index in [1.807, 2.05) is 19.1 Å². The minimum absolute atomic E-state index is 0.0328. The maximum atomic E-state index is 12.8. The minimum Gasteiger partial charge on any atom is -0.491 e. The average Bonchev–Trinajstić information content (AvgIpc) is 3.27. The van der Waals surface area contributed by atoms with Gasteiger partial charge in [0.25, 0.3) is 5.91 Å². The van der Waals surface area contributed by atoms with E-state index in [1.54, 1.807) is 30.5 Å². The van der Waals surface area contributed by atoms with Crippen molar-refractivity contribution >= 4 is 28.8 Å². The van der Waals surface area contributed by atoms with Crippen molar-refractivity contribution in [3.05, 3.63) is 47.2 Å². The number of ether oxygens (including phenoxy) is 1. The van der Waals surface area contributed by atoms with Crippen LogP contribution in [0.5, 0.6) is 5.75 Å². The largest absolute Gasteiger partial charge is 0.491 e. The number of primary amides is 1. The molecule has 32 heavy (non-hydrogen) atoms. The summed E-state index contributed by atoms with van der Waals surface area (Å²) in [6.07, 6.45) is 5.20. The highest BCUT2D eigenvalue weighted by atomic mass is 16.5. The van der Waals surface area contributed by atoms with Crippen molar-refractivity contribution in [1.82, 2.24) is 14.5 Å². The van der Waals surface area contributed by atoms with Gasteiger partial charge in [-0.05, 0) is 25.5 Å². The van der Waals surface area contributed by atoms with E-state index in [0.717, 1.165) is 6.42 Å². The van der Waals surface area contributed by atoms with Gasteiger partial charge < -0.3 is 24.6 Å². The molecule has 3 aromatic rings. The van der Waals surface area contributed by atoms with Gasteiger partial charge in [0.1, 0.15) is 17.0 Å². The van der Waals surface area contributed by atoms with Gasteiger partial charge in [0.15, 0.2) is 11.6 Å². The van der Waals surface area contributed by atoms with E-state index in [2.05, 4.69) is 15.3 Å².